The maximum atomic E-state index is 15.8. The number of fused-ring (bicyclic) bond motifs is 1. The highest BCUT2D eigenvalue weighted by molar-refractivity contribution is 7.90. The minimum Gasteiger partial charge on any atom is -0.450 e. The first-order chi connectivity index (χ1) is 19.1. The van der Waals surface area contributed by atoms with Crippen molar-refractivity contribution >= 4 is 26.8 Å². The Bertz CT molecular complexity index is 1670. The Kier molecular flexibility index (Phi) is 7.49. The number of aromatic nitrogens is 2. The van der Waals surface area contributed by atoms with Crippen molar-refractivity contribution < 1.29 is 26.7 Å². The summed E-state index contributed by atoms with van der Waals surface area (Å²) in [5.74, 6) is -3.33. The van der Waals surface area contributed by atoms with Crippen molar-refractivity contribution in [2.24, 2.45) is 0 Å². The average molecular weight is 575 g/mol. The number of ether oxygens (including phenoxy) is 2. The normalized spacial score (nSPS) is 18.8. The Hall–Kier alpha value is -3.64. The Morgan fingerprint density at radius 3 is 2.75 bits per heavy atom. The van der Waals surface area contributed by atoms with E-state index in [1.165, 1.54) is 30.1 Å². The molecule has 0 unspecified atom stereocenters. The van der Waals surface area contributed by atoms with Crippen LogP contribution in [0.3, 0.4) is 0 Å². The molecule has 0 amide bonds. The van der Waals surface area contributed by atoms with Crippen LogP contribution >= 0.6 is 0 Å². The van der Waals surface area contributed by atoms with Crippen LogP contribution < -0.4 is 20.3 Å². The Labute approximate surface area is 229 Å². The number of nitrogens with zero attached hydrogens (tertiary/aromatic N) is 4. The number of piperidine rings is 1. The van der Waals surface area contributed by atoms with E-state index < -0.39 is 44.5 Å². The molecule has 11 nitrogen and oxygen atoms in total. The van der Waals surface area contributed by atoms with Gasteiger partial charge >= 0.3 is 10.2 Å². The molecule has 0 aliphatic carbocycles. The first-order valence-corrected chi connectivity index (χ1v) is 14.2. The summed E-state index contributed by atoms with van der Waals surface area (Å²) in [5.41, 5.74) is -1.65. The Morgan fingerprint density at radius 2 is 2.05 bits per heavy atom. The van der Waals surface area contributed by atoms with Crippen LogP contribution in [-0.4, -0.2) is 61.2 Å². The van der Waals surface area contributed by atoms with Crippen LogP contribution in [0.15, 0.2) is 35.4 Å². The largest absolute Gasteiger partial charge is 0.450 e. The summed E-state index contributed by atoms with van der Waals surface area (Å²) in [6.07, 6.45) is 3.58. The summed E-state index contributed by atoms with van der Waals surface area (Å²) >= 11 is 0. The SMILES string of the molecule is CCN(C)S(=O)(=O)Nc1ccc(F)c(Oc2ccc3ncn([C@H]4COC5(CCNCC5)C4)c(=O)c3c2F)c1C#N. The zero-order valence-electron chi connectivity index (χ0n) is 21.9. The van der Waals surface area contributed by atoms with E-state index in [9.17, 15) is 22.9 Å². The van der Waals surface area contributed by atoms with Gasteiger partial charge in [-0.1, -0.05) is 6.92 Å². The molecule has 3 aromatic rings. The van der Waals surface area contributed by atoms with Gasteiger partial charge in [-0.15, -0.1) is 0 Å². The van der Waals surface area contributed by atoms with Crippen LogP contribution in [0.5, 0.6) is 11.5 Å². The van der Waals surface area contributed by atoms with E-state index in [-0.39, 0.29) is 41.4 Å². The molecule has 0 bridgehead atoms. The van der Waals surface area contributed by atoms with Crippen molar-refractivity contribution in [1.29, 1.82) is 5.26 Å². The van der Waals surface area contributed by atoms with Crippen LogP contribution in [0, 0.1) is 23.0 Å². The van der Waals surface area contributed by atoms with Crippen LogP contribution in [0.4, 0.5) is 14.5 Å². The molecular formula is C26H28F2N6O5S. The number of benzene rings is 2. The average Bonchev–Trinajstić information content (AvgIpc) is 3.34. The van der Waals surface area contributed by atoms with E-state index in [0.717, 1.165) is 42.4 Å². The van der Waals surface area contributed by atoms with E-state index in [1.54, 1.807) is 13.0 Å². The van der Waals surface area contributed by atoms with Crippen molar-refractivity contribution in [3.63, 3.8) is 0 Å². The number of nitriles is 1. The van der Waals surface area contributed by atoms with E-state index in [0.29, 0.717) is 6.42 Å². The van der Waals surface area contributed by atoms with Gasteiger partial charge in [0, 0.05) is 13.6 Å². The third kappa shape index (κ3) is 5.01. The van der Waals surface area contributed by atoms with Gasteiger partial charge in [-0.05, 0) is 56.6 Å². The number of nitrogens with one attached hydrogen (secondary N) is 2. The molecule has 2 saturated heterocycles. The minimum atomic E-state index is -4.05. The molecule has 1 atom stereocenters. The van der Waals surface area contributed by atoms with Gasteiger partial charge in [-0.3, -0.25) is 14.1 Å². The highest BCUT2D eigenvalue weighted by Crippen LogP contribution is 2.39. The first kappa shape index (κ1) is 27.9. The van der Waals surface area contributed by atoms with Gasteiger partial charge in [0.2, 0.25) is 0 Å². The van der Waals surface area contributed by atoms with Crippen LogP contribution in [0.1, 0.15) is 37.8 Å². The maximum Gasteiger partial charge on any atom is 0.301 e. The van der Waals surface area contributed by atoms with Crippen molar-refractivity contribution in [3.8, 4) is 17.6 Å². The fourth-order valence-corrected chi connectivity index (χ4v) is 6.03. The molecule has 1 aromatic heterocycles. The van der Waals surface area contributed by atoms with Crippen molar-refractivity contribution in [2.75, 3.05) is 38.0 Å². The summed E-state index contributed by atoms with van der Waals surface area (Å²) in [7, 11) is -2.73. The predicted molar refractivity (Wildman–Crippen MR) is 142 cm³/mol. The molecule has 3 heterocycles. The molecule has 2 aromatic carbocycles. The molecule has 212 valence electrons. The van der Waals surface area contributed by atoms with Gasteiger partial charge in [0.25, 0.3) is 5.56 Å². The molecule has 14 heteroatoms. The summed E-state index contributed by atoms with van der Waals surface area (Å²) in [6, 6.07) is 5.87. The molecule has 1 spiro atoms. The second-order valence-corrected chi connectivity index (χ2v) is 11.6. The molecule has 40 heavy (non-hydrogen) atoms. The van der Waals surface area contributed by atoms with Crippen molar-refractivity contribution in [1.82, 2.24) is 19.2 Å². The zero-order chi connectivity index (χ0) is 28.7. The molecule has 2 N–H and O–H groups in total. The Balaban J connectivity index is 1.51. The van der Waals surface area contributed by atoms with Crippen molar-refractivity contribution in [3.05, 3.63) is 58.1 Å². The van der Waals surface area contributed by atoms with Gasteiger partial charge in [0.1, 0.15) is 17.0 Å². The van der Waals surface area contributed by atoms with Crippen LogP contribution in [0.25, 0.3) is 10.9 Å². The summed E-state index contributed by atoms with van der Waals surface area (Å²) in [6.45, 7) is 3.66. The quantitative estimate of drug-likeness (QED) is 0.439. The maximum absolute atomic E-state index is 15.8. The lowest BCUT2D eigenvalue weighted by Gasteiger charge is -2.32. The number of anilines is 1. The van der Waals surface area contributed by atoms with Crippen LogP contribution in [0.2, 0.25) is 0 Å². The number of halogens is 2. The highest BCUT2D eigenvalue weighted by Gasteiger charge is 2.42. The van der Waals surface area contributed by atoms with Crippen LogP contribution in [-0.2, 0) is 14.9 Å². The fourth-order valence-electron chi connectivity index (χ4n) is 5.08. The predicted octanol–water partition coefficient (Wildman–Crippen LogP) is 3.03. The second-order valence-electron chi connectivity index (χ2n) is 9.86. The molecular weight excluding hydrogens is 546 g/mol. The van der Waals surface area contributed by atoms with E-state index in [1.807, 2.05) is 0 Å². The lowest BCUT2D eigenvalue weighted by molar-refractivity contribution is -0.0196. The van der Waals surface area contributed by atoms with E-state index in [4.69, 9.17) is 9.47 Å². The smallest absolute Gasteiger partial charge is 0.301 e. The molecule has 5 rings (SSSR count). The van der Waals surface area contributed by atoms with E-state index >= 15 is 4.39 Å². The Morgan fingerprint density at radius 1 is 1.30 bits per heavy atom. The van der Waals surface area contributed by atoms with Gasteiger partial charge in [0.15, 0.2) is 23.1 Å². The van der Waals surface area contributed by atoms with Crippen molar-refractivity contribution in [2.45, 2.75) is 37.8 Å². The molecule has 2 aliphatic heterocycles. The van der Waals surface area contributed by atoms with E-state index in [2.05, 4.69) is 15.0 Å². The van der Waals surface area contributed by atoms with Gasteiger partial charge < -0.3 is 14.8 Å². The number of hydrogen-bond acceptors (Lipinski definition) is 8. The fraction of sp³-hybridized carbons (Fsp3) is 0.423. The standard InChI is InChI=1S/C26H28F2N6O5S/c1-3-33(2)40(36,37)32-19-5-4-18(27)24(17(19)13-29)39-21-7-6-20-22(23(21)28)25(35)34(15-31-20)16-12-26(38-14-16)8-10-30-11-9-26/h4-7,15-16,30,32H,3,8-12,14H2,1-2H3/t16-/m1/s1. The first-order valence-electron chi connectivity index (χ1n) is 12.8. The third-order valence-electron chi connectivity index (χ3n) is 7.48. The van der Waals surface area contributed by atoms with Gasteiger partial charge in [-0.2, -0.15) is 18.0 Å². The topological polar surface area (TPSA) is 139 Å². The van der Waals surface area contributed by atoms with Gasteiger partial charge in [-0.25, -0.2) is 13.8 Å². The summed E-state index contributed by atoms with van der Waals surface area (Å²) in [4.78, 5) is 17.7. The lowest BCUT2D eigenvalue weighted by atomic mass is 9.88. The number of hydrogen-bond donors (Lipinski definition) is 2. The second kappa shape index (κ2) is 10.7. The third-order valence-corrected chi connectivity index (χ3v) is 9.04. The molecule has 2 aliphatic rings. The zero-order valence-corrected chi connectivity index (χ0v) is 22.7. The molecule has 0 radical (unpaired) electrons. The number of rotatable bonds is 7. The monoisotopic (exact) mass is 574 g/mol. The minimum absolute atomic E-state index is 0.0756. The lowest BCUT2D eigenvalue weighted by Crippen LogP contribution is -2.41. The summed E-state index contributed by atoms with van der Waals surface area (Å²) in [5, 5.41) is 12.7. The van der Waals surface area contributed by atoms with Gasteiger partial charge in [0.05, 0.1) is 35.8 Å². The molecule has 0 saturated carbocycles. The highest BCUT2D eigenvalue weighted by atomic mass is 32.2. The molecule has 2 fully saturated rings. The summed E-state index contributed by atoms with van der Waals surface area (Å²) < 4.78 is 71.7.